The molecule has 0 spiro atoms. The summed E-state index contributed by atoms with van der Waals surface area (Å²) in [5.41, 5.74) is -0.676. The van der Waals surface area contributed by atoms with Crippen LogP contribution in [-0.2, 0) is 6.18 Å². The molecule has 12 heteroatoms. The predicted octanol–water partition coefficient (Wildman–Crippen LogP) is 5.84. The molecule has 3 aromatic rings. The molecule has 2 heterocycles. The quantitative estimate of drug-likeness (QED) is 0.341. The summed E-state index contributed by atoms with van der Waals surface area (Å²) >= 11 is 6.31. The van der Waals surface area contributed by atoms with Gasteiger partial charge in [-0.05, 0) is 68.5 Å². The monoisotopic (exact) mass is 564 g/mol. The van der Waals surface area contributed by atoms with Crippen LogP contribution in [0, 0.1) is 11.6 Å². The van der Waals surface area contributed by atoms with Gasteiger partial charge < -0.3 is 20.9 Å². The van der Waals surface area contributed by atoms with Crippen LogP contribution in [0.1, 0.15) is 49.9 Å². The zero-order chi connectivity index (χ0) is 28.1. The van der Waals surface area contributed by atoms with Crippen molar-refractivity contribution in [1.29, 1.82) is 0 Å². The Kier molecular flexibility index (Phi) is 6.98. The molecule has 6 nitrogen and oxygen atoms in total. The molecule has 0 aromatic heterocycles. The van der Waals surface area contributed by atoms with E-state index >= 15 is 0 Å². The Morgan fingerprint density at radius 1 is 1.08 bits per heavy atom. The van der Waals surface area contributed by atoms with E-state index in [1.54, 1.807) is 12.1 Å². The van der Waals surface area contributed by atoms with Crippen LogP contribution in [0.4, 0.5) is 33.3 Å². The number of anilines is 2. The van der Waals surface area contributed by atoms with Crippen LogP contribution < -0.4 is 16.0 Å². The fraction of sp³-hybridized carbons (Fsp3) is 0.259. The van der Waals surface area contributed by atoms with E-state index in [2.05, 4.69) is 20.9 Å². The Morgan fingerprint density at radius 3 is 2.54 bits per heavy atom. The van der Waals surface area contributed by atoms with Gasteiger partial charge in [0.1, 0.15) is 11.6 Å². The maximum atomic E-state index is 14.1. The minimum Gasteiger partial charge on any atom is -0.381 e. The number of carbonyl (C=O) groups excluding carboxylic acids is 2. The first-order valence-electron chi connectivity index (χ1n) is 12.0. The second-order valence-electron chi connectivity index (χ2n) is 9.63. The number of hydrogen-bond acceptors (Lipinski definition) is 4. The summed E-state index contributed by atoms with van der Waals surface area (Å²) in [5, 5.41) is 8.75. The molecule has 39 heavy (non-hydrogen) atoms. The molecule has 2 aliphatic heterocycles. The smallest absolute Gasteiger partial charge is 0.381 e. The molecule has 204 valence electrons. The fourth-order valence-corrected chi connectivity index (χ4v) is 5.18. The highest BCUT2D eigenvalue weighted by Gasteiger charge is 2.36. The Morgan fingerprint density at radius 2 is 1.85 bits per heavy atom. The number of likely N-dealkylation sites (N-methyl/N-ethyl adjacent to an activating group) is 1. The van der Waals surface area contributed by atoms with E-state index in [-0.39, 0.29) is 33.4 Å². The van der Waals surface area contributed by atoms with Gasteiger partial charge in [-0.1, -0.05) is 11.6 Å². The molecule has 0 bridgehead atoms. The number of halogens is 6. The van der Waals surface area contributed by atoms with Crippen LogP contribution in [0.3, 0.4) is 0 Å². The lowest BCUT2D eigenvalue weighted by Gasteiger charge is -2.20. The zero-order valence-electron chi connectivity index (χ0n) is 20.4. The number of hydrogen-bond donors (Lipinski definition) is 3. The third kappa shape index (κ3) is 5.55. The number of alkyl halides is 3. The van der Waals surface area contributed by atoms with Gasteiger partial charge in [0.25, 0.3) is 11.8 Å². The van der Waals surface area contributed by atoms with Crippen LogP contribution in [0.25, 0.3) is 0 Å². The average molecular weight is 565 g/mol. The maximum Gasteiger partial charge on any atom is 0.416 e. The van der Waals surface area contributed by atoms with Gasteiger partial charge in [0.05, 0.1) is 11.6 Å². The van der Waals surface area contributed by atoms with Gasteiger partial charge in [0.2, 0.25) is 0 Å². The number of nitrogens with zero attached hydrogens (tertiary/aromatic N) is 1. The van der Waals surface area contributed by atoms with Crippen LogP contribution >= 0.6 is 11.6 Å². The van der Waals surface area contributed by atoms with E-state index in [4.69, 9.17) is 11.6 Å². The Balaban J connectivity index is 1.58. The molecule has 5 rings (SSSR count). The first-order valence-corrected chi connectivity index (χ1v) is 12.3. The minimum atomic E-state index is -4.87. The molecular weight excluding hydrogens is 543 g/mol. The van der Waals surface area contributed by atoms with Gasteiger partial charge in [0.15, 0.2) is 0 Å². The van der Waals surface area contributed by atoms with E-state index in [1.165, 1.54) is 6.07 Å². The molecule has 1 unspecified atom stereocenters. The molecule has 0 saturated carbocycles. The largest absolute Gasteiger partial charge is 0.416 e. The van der Waals surface area contributed by atoms with E-state index in [0.29, 0.717) is 23.9 Å². The molecule has 0 aliphatic carbocycles. The van der Waals surface area contributed by atoms with E-state index in [9.17, 15) is 31.5 Å². The summed E-state index contributed by atoms with van der Waals surface area (Å²) in [6, 6.07) is 7.37. The van der Waals surface area contributed by atoms with Crippen molar-refractivity contribution in [2.75, 3.05) is 30.8 Å². The fourth-order valence-electron chi connectivity index (χ4n) is 4.96. The SMILES string of the molecule is CN1CC[C@@H](Nc2cc(NC(=O)c3cc(F)cc(C(F)(F)F)c3)c3c(c2)C(=O)NC3c2cc(F)ccc2Cl)C1. The van der Waals surface area contributed by atoms with Crippen molar-refractivity contribution in [3.63, 3.8) is 0 Å². The van der Waals surface area contributed by atoms with Gasteiger partial charge in [0, 0.05) is 51.2 Å². The van der Waals surface area contributed by atoms with Gasteiger partial charge in [-0.3, -0.25) is 9.59 Å². The molecule has 0 radical (unpaired) electrons. The molecule has 2 amide bonds. The number of fused-ring (bicyclic) bond motifs is 1. The van der Waals surface area contributed by atoms with Crippen LogP contribution in [-0.4, -0.2) is 42.9 Å². The molecular formula is C27H22ClF5N4O2. The summed E-state index contributed by atoms with van der Waals surface area (Å²) in [4.78, 5) is 28.3. The molecule has 1 saturated heterocycles. The lowest BCUT2D eigenvalue weighted by Crippen LogP contribution is -2.24. The molecule has 1 fully saturated rings. The first-order chi connectivity index (χ1) is 18.4. The summed E-state index contributed by atoms with van der Waals surface area (Å²) in [7, 11) is 1.96. The van der Waals surface area contributed by atoms with E-state index in [0.717, 1.165) is 31.6 Å². The Bertz CT molecular complexity index is 1480. The summed E-state index contributed by atoms with van der Waals surface area (Å²) in [5.74, 6) is -3.38. The number of carbonyl (C=O) groups is 2. The topological polar surface area (TPSA) is 73.5 Å². The second-order valence-corrected chi connectivity index (χ2v) is 10.0. The lowest BCUT2D eigenvalue weighted by atomic mass is 9.95. The van der Waals surface area contributed by atoms with Gasteiger partial charge >= 0.3 is 6.18 Å². The summed E-state index contributed by atoms with van der Waals surface area (Å²) in [6.45, 7) is 1.59. The first kappa shape index (κ1) is 26.9. The maximum absolute atomic E-state index is 14.1. The highest BCUT2D eigenvalue weighted by Crippen LogP contribution is 2.41. The summed E-state index contributed by atoms with van der Waals surface area (Å²) < 4.78 is 67.9. The predicted molar refractivity (Wildman–Crippen MR) is 136 cm³/mol. The van der Waals surface area contributed by atoms with Crippen molar-refractivity contribution in [1.82, 2.24) is 10.2 Å². The van der Waals surface area contributed by atoms with Crippen molar-refractivity contribution in [3.05, 3.63) is 93.0 Å². The third-order valence-corrected chi connectivity index (χ3v) is 7.10. The number of likely N-dealkylation sites (tertiary alicyclic amines) is 1. The highest BCUT2D eigenvalue weighted by atomic mass is 35.5. The van der Waals surface area contributed by atoms with E-state index in [1.807, 2.05) is 7.05 Å². The molecule has 3 N–H and O–H groups in total. The zero-order valence-corrected chi connectivity index (χ0v) is 21.2. The average Bonchev–Trinajstić information content (AvgIpc) is 3.42. The van der Waals surface area contributed by atoms with Gasteiger partial charge in [-0.2, -0.15) is 13.2 Å². The molecule has 2 aliphatic rings. The highest BCUT2D eigenvalue weighted by molar-refractivity contribution is 6.31. The van der Waals surface area contributed by atoms with Crippen molar-refractivity contribution in [2.24, 2.45) is 0 Å². The third-order valence-electron chi connectivity index (χ3n) is 6.76. The Hall–Kier alpha value is -3.70. The standard InChI is InChI=1S/C27H22ClF5N4O2/c1-37-5-4-17(12-37)34-18-10-20-23(24(36-26(20)39)19-9-15(29)2-3-21(19)28)22(11-18)35-25(38)13-6-14(27(31,32)33)8-16(30)7-13/h2-3,6-11,17,24,34H,4-5,12H2,1H3,(H,35,38)(H,36,39)/t17-,24?/m1/s1. The minimum absolute atomic E-state index is 0.0482. The van der Waals surface area contributed by atoms with Crippen LogP contribution in [0.2, 0.25) is 5.02 Å². The number of nitrogens with one attached hydrogen (secondary N) is 3. The van der Waals surface area contributed by atoms with Crippen LogP contribution in [0.5, 0.6) is 0 Å². The Labute approximate surface area is 225 Å². The number of benzene rings is 3. The number of amides is 2. The van der Waals surface area contributed by atoms with Gasteiger partial charge in [-0.25, -0.2) is 8.78 Å². The van der Waals surface area contributed by atoms with Crippen molar-refractivity contribution >= 4 is 34.8 Å². The second kappa shape index (κ2) is 10.1. The number of rotatable bonds is 5. The normalized spacial score (nSPS) is 19.1. The van der Waals surface area contributed by atoms with Gasteiger partial charge in [-0.15, -0.1) is 0 Å². The van der Waals surface area contributed by atoms with E-state index < -0.39 is 46.8 Å². The van der Waals surface area contributed by atoms with Crippen molar-refractivity contribution in [2.45, 2.75) is 24.7 Å². The van der Waals surface area contributed by atoms with Crippen LogP contribution in [0.15, 0.2) is 48.5 Å². The summed E-state index contributed by atoms with van der Waals surface area (Å²) in [6.07, 6.45) is -4.04. The van der Waals surface area contributed by atoms with Crippen molar-refractivity contribution < 1.29 is 31.5 Å². The lowest BCUT2D eigenvalue weighted by molar-refractivity contribution is -0.137. The van der Waals surface area contributed by atoms with Crippen molar-refractivity contribution in [3.8, 4) is 0 Å². The molecule has 3 aromatic carbocycles. The molecule has 2 atom stereocenters.